The second-order valence-electron chi connectivity index (χ2n) is 4.27. The fourth-order valence-electron chi connectivity index (χ4n) is 1.90. The van der Waals surface area contributed by atoms with Gasteiger partial charge in [-0.1, -0.05) is 13.2 Å². The molecular weight excluding hydrogens is 236 g/mol. The molecule has 2 aliphatic rings. The zero-order chi connectivity index (χ0) is 13.5. The summed E-state index contributed by atoms with van der Waals surface area (Å²) >= 11 is 0. The highest BCUT2D eigenvalue weighted by molar-refractivity contribution is 5.81. The van der Waals surface area contributed by atoms with Crippen molar-refractivity contribution in [3.05, 3.63) is 25.3 Å². The molecule has 100 valence electrons. The summed E-state index contributed by atoms with van der Waals surface area (Å²) in [5, 5.41) is 7.60. The average Bonchev–Trinajstić information content (AvgIpc) is 3.14. The summed E-state index contributed by atoms with van der Waals surface area (Å²) in [5.41, 5.74) is 0. The van der Waals surface area contributed by atoms with Crippen LogP contribution < -0.4 is 0 Å². The van der Waals surface area contributed by atoms with Gasteiger partial charge in [-0.3, -0.25) is 0 Å². The minimum Gasteiger partial charge on any atom is -0.478 e. The molecule has 2 rings (SSSR count). The van der Waals surface area contributed by atoms with E-state index in [0.29, 0.717) is 24.7 Å². The smallest absolute Gasteiger partial charge is 0.330 e. The summed E-state index contributed by atoms with van der Waals surface area (Å²) in [6.45, 7) is 6.83. The Morgan fingerprint density at radius 2 is 1.94 bits per heavy atom. The van der Waals surface area contributed by atoms with Crippen LogP contribution in [-0.2, 0) is 19.1 Å². The van der Waals surface area contributed by atoms with Crippen molar-refractivity contribution in [3.63, 3.8) is 0 Å². The molecule has 1 saturated carbocycles. The molecule has 1 heterocycles. The van der Waals surface area contributed by atoms with Crippen molar-refractivity contribution >= 4 is 11.9 Å². The van der Waals surface area contributed by atoms with Crippen LogP contribution in [0.2, 0.25) is 0 Å². The zero-order valence-corrected chi connectivity index (χ0v) is 10.2. The van der Waals surface area contributed by atoms with Crippen LogP contribution in [0.15, 0.2) is 25.3 Å². The average molecular weight is 254 g/mol. The number of ether oxygens (including phenoxy) is 2. The first-order valence-corrected chi connectivity index (χ1v) is 5.86. The van der Waals surface area contributed by atoms with E-state index in [4.69, 9.17) is 14.6 Å². The second kappa shape index (κ2) is 6.96. The first-order chi connectivity index (χ1) is 8.56. The van der Waals surface area contributed by atoms with Crippen molar-refractivity contribution < 1.29 is 24.2 Å². The van der Waals surface area contributed by atoms with Gasteiger partial charge >= 0.3 is 11.9 Å². The summed E-state index contributed by atoms with van der Waals surface area (Å²) in [6, 6.07) is 0. The molecule has 0 amide bonds. The van der Waals surface area contributed by atoms with E-state index in [1.807, 2.05) is 0 Å². The maximum absolute atomic E-state index is 10.8. The molecule has 0 bridgehead atoms. The predicted molar refractivity (Wildman–Crippen MR) is 65.0 cm³/mol. The van der Waals surface area contributed by atoms with Crippen LogP contribution in [0, 0.1) is 5.92 Å². The van der Waals surface area contributed by atoms with Gasteiger partial charge in [0, 0.05) is 12.2 Å². The van der Waals surface area contributed by atoms with Gasteiger partial charge in [-0.25, -0.2) is 9.59 Å². The highest BCUT2D eigenvalue weighted by Crippen LogP contribution is 2.39. The van der Waals surface area contributed by atoms with E-state index < -0.39 is 5.97 Å². The molecule has 0 aromatic rings. The minimum absolute atomic E-state index is 0.321. The Morgan fingerprint density at radius 1 is 1.28 bits per heavy atom. The lowest BCUT2D eigenvalue weighted by Crippen LogP contribution is -2.19. The summed E-state index contributed by atoms with van der Waals surface area (Å²) < 4.78 is 10.4. The molecule has 0 aromatic carbocycles. The molecule has 0 radical (unpaired) electrons. The largest absolute Gasteiger partial charge is 0.478 e. The first kappa shape index (κ1) is 14.4. The molecule has 5 heteroatoms. The second-order valence-corrected chi connectivity index (χ2v) is 4.27. The van der Waals surface area contributed by atoms with Gasteiger partial charge in [0.05, 0.1) is 18.8 Å². The van der Waals surface area contributed by atoms with Gasteiger partial charge in [-0.2, -0.15) is 0 Å². The molecule has 1 aliphatic heterocycles. The SMILES string of the molecule is C=CC(=O)O.C=CC(=O)OCC1CCC2OC2C1. The molecule has 1 saturated heterocycles. The van der Waals surface area contributed by atoms with Gasteiger partial charge in [-0.15, -0.1) is 0 Å². The van der Waals surface area contributed by atoms with E-state index in [0.717, 1.165) is 25.3 Å². The van der Waals surface area contributed by atoms with Crippen LogP contribution in [0.3, 0.4) is 0 Å². The molecule has 5 nitrogen and oxygen atoms in total. The van der Waals surface area contributed by atoms with E-state index in [9.17, 15) is 9.59 Å². The van der Waals surface area contributed by atoms with E-state index in [2.05, 4.69) is 13.2 Å². The molecule has 1 N–H and O–H groups in total. The van der Waals surface area contributed by atoms with Crippen LogP contribution in [-0.4, -0.2) is 35.9 Å². The number of rotatable bonds is 4. The molecule has 3 unspecified atom stereocenters. The number of hydrogen-bond acceptors (Lipinski definition) is 4. The number of carboxylic acid groups (broad SMARTS) is 1. The Hall–Kier alpha value is -1.62. The van der Waals surface area contributed by atoms with Gasteiger partial charge in [0.2, 0.25) is 0 Å². The van der Waals surface area contributed by atoms with Crippen LogP contribution in [0.5, 0.6) is 0 Å². The predicted octanol–water partition coefficient (Wildman–Crippen LogP) is 1.54. The van der Waals surface area contributed by atoms with E-state index >= 15 is 0 Å². The quantitative estimate of drug-likeness (QED) is 0.468. The standard InChI is InChI=1S/C10H14O3.C3H4O2/c1-2-10(11)12-6-7-3-4-8-9(5-7)13-8;1-2-3(4)5/h2,7-9H,1,3-6H2;2H,1H2,(H,4,5). The Bertz CT molecular complexity index is 336. The van der Waals surface area contributed by atoms with Gasteiger partial charge in [0.25, 0.3) is 0 Å². The van der Waals surface area contributed by atoms with Gasteiger partial charge in [0.15, 0.2) is 0 Å². The molecule has 3 atom stereocenters. The number of epoxide rings is 1. The third-order valence-electron chi connectivity index (χ3n) is 2.92. The molecular formula is C13H18O5. The maximum Gasteiger partial charge on any atom is 0.330 e. The third-order valence-corrected chi connectivity index (χ3v) is 2.92. The van der Waals surface area contributed by atoms with Gasteiger partial charge < -0.3 is 14.6 Å². The fourth-order valence-corrected chi connectivity index (χ4v) is 1.90. The number of carbonyl (C=O) groups is 2. The van der Waals surface area contributed by atoms with Crippen molar-refractivity contribution in [2.45, 2.75) is 31.5 Å². The van der Waals surface area contributed by atoms with E-state index in [1.54, 1.807) is 0 Å². The molecule has 2 fully saturated rings. The van der Waals surface area contributed by atoms with Crippen molar-refractivity contribution in [2.75, 3.05) is 6.61 Å². The van der Waals surface area contributed by atoms with Crippen molar-refractivity contribution in [1.82, 2.24) is 0 Å². The zero-order valence-electron chi connectivity index (χ0n) is 10.2. The lowest BCUT2D eigenvalue weighted by molar-refractivity contribution is -0.139. The summed E-state index contributed by atoms with van der Waals surface area (Å²) in [4.78, 5) is 20.0. The van der Waals surface area contributed by atoms with Crippen LogP contribution >= 0.6 is 0 Å². The molecule has 0 spiro atoms. The highest BCUT2D eigenvalue weighted by Gasteiger charge is 2.43. The molecule has 18 heavy (non-hydrogen) atoms. The number of carboxylic acids is 1. The minimum atomic E-state index is -0.981. The fraction of sp³-hybridized carbons (Fsp3) is 0.538. The number of carbonyl (C=O) groups excluding carboxylic acids is 1. The lowest BCUT2D eigenvalue weighted by Gasteiger charge is -2.17. The Morgan fingerprint density at radius 3 is 2.44 bits per heavy atom. The third kappa shape index (κ3) is 5.14. The maximum atomic E-state index is 10.8. The molecule has 0 aromatic heterocycles. The van der Waals surface area contributed by atoms with Crippen molar-refractivity contribution in [1.29, 1.82) is 0 Å². The number of hydrogen-bond donors (Lipinski definition) is 1. The van der Waals surface area contributed by atoms with Crippen LogP contribution in [0.25, 0.3) is 0 Å². The van der Waals surface area contributed by atoms with Crippen LogP contribution in [0.4, 0.5) is 0 Å². The Balaban J connectivity index is 0.000000280. The van der Waals surface area contributed by atoms with Crippen molar-refractivity contribution in [2.24, 2.45) is 5.92 Å². The first-order valence-electron chi connectivity index (χ1n) is 5.86. The van der Waals surface area contributed by atoms with Gasteiger partial charge in [-0.05, 0) is 25.2 Å². The monoisotopic (exact) mass is 254 g/mol. The lowest BCUT2D eigenvalue weighted by atomic mass is 9.90. The van der Waals surface area contributed by atoms with Crippen LogP contribution in [0.1, 0.15) is 19.3 Å². The summed E-state index contributed by atoms with van der Waals surface area (Å²) in [5.74, 6) is -0.809. The number of esters is 1. The summed E-state index contributed by atoms with van der Waals surface area (Å²) in [7, 11) is 0. The Labute approximate surface area is 106 Å². The van der Waals surface area contributed by atoms with E-state index in [-0.39, 0.29) is 5.97 Å². The van der Waals surface area contributed by atoms with Gasteiger partial charge in [0.1, 0.15) is 0 Å². The van der Waals surface area contributed by atoms with Crippen molar-refractivity contribution in [3.8, 4) is 0 Å². The number of fused-ring (bicyclic) bond motifs is 1. The molecule has 1 aliphatic carbocycles. The summed E-state index contributed by atoms with van der Waals surface area (Å²) in [6.07, 6.45) is 6.31. The Kier molecular flexibility index (Phi) is 5.58. The highest BCUT2D eigenvalue weighted by atomic mass is 16.6. The number of aliphatic carboxylic acids is 1. The van der Waals surface area contributed by atoms with E-state index in [1.165, 1.54) is 6.08 Å². The topological polar surface area (TPSA) is 76.1 Å². The normalized spacial score (nSPS) is 27.9.